The molecule has 1 fully saturated rings. The zero-order valence-corrected chi connectivity index (χ0v) is 21.7. The highest BCUT2D eigenvalue weighted by Crippen LogP contribution is 2.35. The topological polar surface area (TPSA) is 108 Å². The van der Waals surface area contributed by atoms with Crippen LogP contribution in [-0.4, -0.2) is 63.8 Å². The first-order valence-electron chi connectivity index (χ1n) is 12.4. The van der Waals surface area contributed by atoms with Gasteiger partial charge in [0.1, 0.15) is 5.69 Å². The number of benzene rings is 3. The number of piperazine rings is 1. The van der Waals surface area contributed by atoms with E-state index in [-0.39, 0.29) is 16.7 Å². The Bertz CT molecular complexity index is 1240. The van der Waals surface area contributed by atoms with Gasteiger partial charge in [-0.25, -0.2) is 13.1 Å². The van der Waals surface area contributed by atoms with Gasteiger partial charge >= 0.3 is 0 Å². The van der Waals surface area contributed by atoms with Crippen molar-refractivity contribution >= 4 is 27.1 Å². The molecule has 0 spiro atoms. The molecule has 2 N–H and O–H groups in total. The molecule has 0 unspecified atom stereocenters. The van der Waals surface area contributed by atoms with Crippen LogP contribution in [0.2, 0.25) is 0 Å². The molecule has 0 saturated carbocycles. The van der Waals surface area contributed by atoms with Crippen molar-refractivity contribution in [2.45, 2.75) is 12.5 Å². The van der Waals surface area contributed by atoms with Gasteiger partial charge in [-0.3, -0.25) is 15.0 Å². The molecule has 0 bridgehead atoms. The fraction of sp³-hybridized carbons (Fsp3) is 0.333. The van der Waals surface area contributed by atoms with Crippen LogP contribution >= 0.6 is 0 Å². The Kier molecular flexibility index (Phi) is 8.75. The molecule has 10 heteroatoms. The Morgan fingerprint density at radius 1 is 0.919 bits per heavy atom. The van der Waals surface area contributed by atoms with Crippen molar-refractivity contribution in [3.05, 3.63) is 100 Å². The normalized spacial score (nSPS) is 14.6. The fourth-order valence-electron chi connectivity index (χ4n) is 4.59. The second kappa shape index (κ2) is 12.2. The third-order valence-electron chi connectivity index (χ3n) is 6.50. The van der Waals surface area contributed by atoms with Crippen LogP contribution in [0.15, 0.2) is 78.9 Å². The van der Waals surface area contributed by atoms with Crippen molar-refractivity contribution < 1.29 is 13.3 Å². The Labute approximate surface area is 218 Å². The molecule has 0 aromatic heterocycles. The summed E-state index contributed by atoms with van der Waals surface area (Å²) in [6.45, 7) is 4.51. The maximum atomic E-state index is 11.9. The highest BCUT2D eigenvalue weighted by molar-refractivity contribution is 7.88. The Morgan fingerprint density at radius 3 is 2.05 bits per heavy atom. The summed E-state index contributed by atoms with van der Waals surface area (Å²) in [5.41, 5.74) is 3.50. The van der Waals surface area contributed by atoms with E-state index in [0.29, 0.717) is 12.2 Å². The highest BCUT2D eigenvalue weighted by Gasteiger charge is 2.23. The number of anilines is 2. The first kappa shape index (κ1) is 26.6. The third-order valence-corrected chi connectivity index (χ3v) is 7.22. The zero-order valence-electron chi connectivity index (χ0n) is 20.9. The predicted octanol–water partition coefficient (Wildman–Crippen LogP) is 3.86. The average molecular weight is 524 g/mol. The van der Waals surface area contributed by atoms with Crippen LogP contribution in [0.1, 0.15) is 23.6 Å². The lowest BCUT2D eigenvalue weighted by Gasteiger charge is -2.36. The maximum absolute atomic E-state index is 11.9. The van der Waals surface area contributed by atoms with E-state index >= 15 is 0 Å². The minimum atomic E-state index is -3.16. The van der Waals surface area contributed by atoms with Crippen LogP contribution in [0.25, 0.3) is 0 Å². The monoisotopic (exact) mass is 523 g/mol. The minimum Gasteiger partial charge on any atom is -0.369 e. The number of sulfonamides is 1. The maximum Gasteiger partial charge on any atom is 0.292 e. The lowest BCUT2D eigenvalue weighted by molar-refractivity contribution is -0.384. The summed E-state index contributed by atoms with van der Waals surface area (Å²) in [7, 11) is -3.16. The SMILES string of the molecule is CS(=O)(=O)NCCCN1CCN(c2ccc([N+](=O)[O-])c(NC(c3ccccc3)c3ccccc3)c2)CC1. The van der Waals surface area contributed by atoms with Gasteiger partial charge in [-0.05, 0) is 36.2 Å². The van der Waals surface area contributed by atoms with Crippen molar-refractivity contribution in [3.63, 3.8) is 0 Å². The molecule has 1 aliphatic heterocycles. The summed E-state index contributed by atoms with van der Waals surface area (Å²) in [5.74, 6) is 0. The van der Waals surface area contributed by atoms with E-state index in [1.165, 1.54) is 6.26 Å². The summed E-state index contributed by atoms with van der Waals surface area (Å²) >= 11 is 0. The van der Waals surface area contributed by atoms with Gasteiger partial charge in [0.2, 0.25) is 10.0 Å². The smallest absolute Gasteiger partial charge is 0.292 e. The molecule has 0 aliphatic carbocycles. The van der Waals surface area contributed by atoms with Crippen molar-refractivity contribution in [1.29, 1.82) is 0 Å². The van der Waals surface area contributed by atoms with Crippen molar-refractivity contribution in [3.8, 4) is 0 Å². The Balaban J connectivity index is 1.48. The van der Waals surface area contributed by atoms with E-state index in [0.717, 1.165) is 56.0 Å². The second-order valence-corrected chi connectivity index (χ2v) is 11.0. The second-order valence-electron chi connectivity index (χ2n) is 9.21. The van der Waals surface area contributed by atoms with E-state index in [1.54, 1.807) is 6.07 Å². The molecule has 0 atom stereocenters. The highest BCUT2D eigenvalue weighted by atomic mass is 32.2. The number of hydrogen-bond acceptors (Lipinski definition) is 7. The molecule has 3 aromatic carbocycles. The van der Waals surface area contributed by atoms with Gasteiger partial charge in [-0.2, -0.15) is 0 Å². The van der Waals surface area contributed by atoms with Crippen molar-refractivity contribution in [2.24, 2.45) is 0 Å². The third kappa shape index (κ3) is 7.51. The van der Waals surface area contributed by atoms with Gasteiger partial charge < -0.3 is 10.2 Å². The molecule has 0 radical (unpaired) electrons. The number of nitrogens with one attached hydrogen (secondary N) is 2. The standard InChI is InChI=1S/C27H33N5O4S/c1-37(35,36)28-15-8-16-30-17-19-31(20-18-30)24-13-14-26(32(33)34)25(21-24)29-27(22-9-4-2-5-10-22)23-11-6-3-7-12-23/h2-7,9-14,21,27-29H,8,15-20H2,1H3. The lowest BCUT2D eigenvalue weighted by Crippen LogP contribution is -2.47. The minimum absolute atomic E-state index is 0.0395. The molecule has 4 rings (SSSR count). The molecular weight excluding hydrogens is 490 g/mol. The number of rotatable bonds is 11. The lowest BCUT2D eigenvalue weighted by atomic mass is 9.98. The molecule has 1 aliphatic rings. The summed E-state index contributed by atoms with van der Waals surface area (Å²) < 4.78 is 25.0. The van der Waals surface area contributed by atoms with Gasteiger partial charge in [0, 0.05) is 44.5 Å². The zero-order chi connectivity index (χ0) is 26.3. The van der Waals surface area contributed by atoms with Gasteiger partial charge in [0.05, 0.1) is 17.2 Å². The quantitative estimate of drug-likeness (QED) is 0.223. The fourth-order valence-corrected chi connectivity index (χ4v) is 5.11. The van der Waals surface area contributed by atoms with E-state index in [1.807, 2.05) is 72.8 Å². The molecule has 3 aromatic rings. The van der Waals surface area contributed by atoms with Crippen LogP contribution in [0.4, 0.5) is 17.1 Å². The van der Waals surface area contributed by atoms with E-state index in [9.17, 15) is 18.5 Å². The number of nitro benzene ring substituents is 1. The van der Waals surface area contributed by atoms with Crippen LogP contribution in [0.5, 0.6) is 0 Å². The van der Waals surface area contributed by atoms with Crippen LogP contribution in [0, 0.1) is 10.1 Å². The first-order chi connectivity index (χ1) is 17.8. The van der Waals surface area contributed by atoms with Gasteiger partial charge in [-0.15, -0.1) is 0 Å². The summed E-state index contributed by atoms with van der Waals surface area (Å²) in [4.78, 5) is 16.1. The molecule has 0 amide bonds. The molecular formula is C27H33N5O4S. The Hall–Kier alpha value is -3.47. The summed E-state index contributed by atoms with van der Waals surface area (Å²) in [6, 6.07) is 24.9. The van der Waals surface area contributed by atoms with Gasteiger partial charge in [-0.1, -0.05) is 60.7 Å². The van der Waals surface area contributed by atoms with Crippen molar-refractivity contribution in [2.75, 3.05) is 55.7 Å². The largest absolute Gasteiger partial charge is 0.369 e. The molecule has 1 heterocycles. The van der Waals surface area contributed by atoms with E-state index in [4.69, 9.17) is 0 Å². The number of hydrogen-bond donors (Lipinski definition) is 2. The predicted molar refractivity (Wildman–Crippen MR) is 148 cm³/mol. The molecule has 196 valence electrons. The van der Waals surface area contributed by atoms with Crippen LogP contribution in [-0.2, 0) is 10.0 Å². The van der Waals surface area contributed by atoms with E-state index < -0.39 is 10.0 Å². The average Bonchev–Trinajstić information content (AvgIpc) is 2.90. The molecule has 9 nitrogen and oxygen atoms in total. The Morgan fingerprint density at radius 2 is 1.51 bits per heavy atom. The molecule has 1 saturated heterocycles. The molecule has 37 heavy (non-hydrogen) atoms. The van der Waals surface area contributed by atoms with Crippen LogP contribution in [0.3, 0.4) is 0 Å². The summed E-state index contributed by atoms with van der Waals surface area (Å²) in [6.07, 6.45) is 1.92. The first-order valence-corrected chi connectivity index (χ1v) is 14.3. The van der Waals surface area contributed by atoms with Gasteiger partial charge in [0.15, 0.2) is 0 Å². The van der Waals surface area contributed by atoms with Gasteiger partial charge in [0.25, 0.3) is 5.69 Å². The van der Waals surface area contributed by atoms with E-state index in [2.05, 4.69) is 19.8 Å². The van der Waals surface area contributed by atoms with Crippen LogP contribution < -0.4 is 14.9 Å². The number of nitrogens with zero attached hydrogens (tertiary/aromatic N) is 3. The number of nitro groups is 1. The summed E-state index contributed by atoms with van der Waals surface area (Å²) in [5, 5.41) is 15.4. The van der Waals surface area contributed by atoms with Crippen molar-refractivity contribution in [1.82, 2.24) is 9.62 Å².